The van der Waals surface area contributed by atoms with Crippen molar-refractivity contribution in [1.82, 2.24) is 10.2 Å². The molecule has 5 atom stereocenters. The van der Waals surface area contributed by atoms with Crippen LogP contribution in [0.1, 0.15) is 58.1 Å². The number of benzene rings is 1. The third-order valence-electron chi connectivity index (χ3n) is 9.90. The minimum Gasteiger partial charge on any atom is -0.483 e. The predicted molar refractivity (Wildman–Crippen MR) is 123 cm³/mol. The second-order valence-electron chi connectivity index (χ2n) is 12.0. The number of anilines is 1. The van der Waals surface area contributed by atoms with Crippen molar-refractivity contribution in [2.75, 3.05) is 11.9 Å². The van der Waals surface area contributed by atoms with E-state index < -0.39 is 33.6 Å². The van der Waals surface area contributed by atoms with E-state index in [4.69, 9.17) is 4.74 Å². The molecule has 6 aliphatic heterocycles. The smallest absolute Gasteiger partial charge is 0.252 e. The Morgan fingerprint density at radius 1 is 1.12 bits per heavy atom. The number of piperidine rings is 2. The Morgan fingerprint density at radius 3 is 2.65 bits per heavy atom. The maximum atomic E-state index is 14.0. The molecule has 6 heterocycles. The van der Waals surface area contributed by atoms with Gasteiger partial charge in [-0.25, -0.2) is 0 Å². The summed E-state index contributed by atoms with van der Waals surface area (Å²) in [7, 11) is 0. The van der Waals surface area contributed by atoms with Gasteiger partial charge in [-0.3, -0.25) is 14.4 Å². The summed E-state index contributed by atoms with van der Waals surface area (Å²) in [4.78, 5) is 43.0. The third-order valence-corrected chi connectivity index (χ3v) is 9.90. The Bertz CT molecular complexity index is 1270. The first kappa shape index (κ1) is 20.5. The molecule has 1 aliphatic carbocycles. The van der Waals surface area contributed by atoms with Gasteiger partial charge in [-0.05, 0) is 62.3 Å². The second kappa shape index (κ2) is 5.51. The van der Waals surface area contributed by atoms with Crippen molar-refractivity contribution in [3.05, 3.63) is 29.3 Å². The molecule has 5 fully saturated rings. The lowest BCUT2D eigenvalue weighted by Gasteiger charge is -2.59. The molecule has 4 saturated heterocycles. The Balaban J connectivity index is 1.47. The van der Waals surface area contributed by atoms with Crippen molar-refractivity contribution in [3.8, 4) is 5.75 Å². The zero-order valence-corrected chi connectivity index (χ0v) is 19.8. The number of nitrogens with zero attached hydrogens (tertiary/aromatic N) is 1. The van der Waals surface area contributed by atoms with Gasteiger partial charge in [-0.1, -0.05) is 19.9 Å². The molecule has 7 aliphatic rings. The van der Waals surface area contributed by atoms with Crippen LogP contribution in [0.15, 0.2) is 18.2 Å². The van der Waals surface area contributed by atoms with Gasteiger partial charge in [0.05, 0.1) is 5.69 Å². The van der Waals surface area contributed by atoms with Crippen molar-refractivity contribution < 1.29 is 24.2 Å². The number of carbonyl (C=O) groups is 3. The number of hydrogen-bond donors (Lipinski definition) is 3. The van der Waals surface area contributed by atoms with Crippen molar-refractivity contribution in [3.63, 3.8) is 0 Å². The van der Waals surface area contributed by atoms with E-state index in [1.807, 2.05) is 52.0 Å². The van der Waals surface area contributed by atoms with Crippen molar-refractivity contribution in [2.45, 2.75) is 75.2 Å². The van der Waals surface area contributed by atoms with Gasteiger partial charge in [0, 0.05) is 18.0 Å². The van der Waals surface area contributed by atoms with Gasteiger partial charge < -0.3 is 25.4 Å². The number of fused-ring (bicyclic) bond motifs is 5. The lowest BCUT2D eigenvalue weighted by molar-refractivity contribution is -0.180. The highest BCUT2D eigenvalue weighted by molar-refractivity contribution is 6.13. The summed E-state index contributed by atoms with van der Waals surface area (Å²) in [5.74, 6) is -0.501. The molecule has 1 aromatic carbocycles. The highest BCUT2D eigenvalue weighted by atomic mass is 16.5. The first-order chi connectivity index (χ1) is 15.9. The fourth-order valence-electron chi connectivity index (χ4n) is 8.37. The molecule has 0 unspecified atom stereocenters. The van der Waals surface area contributed by atoms with Gasteiger partial charge in [0.25, 0.3) is 5.91 Å². The zero-order chi connectivity index (χ0) is 24.1. The molecule has 2 bridgehead atoms. The molecule has 3 spiro atoms. The number of piperazine rings is 1. The molecular weight excluding hydrogens is 435 g/mol. The molecule has 178 valence electrons. The standard InChI is InChI=1S/C26H29N3O5/c1-22(2)10-8-13-15(34-22)7-6-14-17(13)27-20(32)25(14)18(30)26-16(23(25,3)4)12-24(19(31)28-26)9-5-11-29(24)21(26)33/h6-8,10,16,18,30H,5,9,11-12H2,1-4H3,(H,27,32)(H,28,31)/t16-,18-,24+,25-,26+/m1/s1/i19+1. The number of carbonyl (C=O) groups excluding carboxylic acids is 3. The van der Waals surface area contributed by atoms with Crippen LogP contribution in [0.25, 0.3) is 6.08 Å². The molecular formula is C26H29N3O5. The van der Waals surface area contributed by atoms with Crippen LogP contribution < -0.4 is 15.4 Å². The molecule has 3 amide bonds. The SMILES string of the molecule is CC1(C)C=Cc2c(ccc3c2NC(=O)[C@]32[C@@H](O)[C@]34N[13C](=O)[C@]5(CCCN5C3=O)C[C@@H]4C2(C)C)O1. The molecule has 8 rings (SSSR count). The lowest BCUT2D eigenvalue weighted by Crippen LogP contribution is -2.83. The van der Waals surface area contributed by atoms with E-state index in [9.17, 15) is 19.5 Å². The number of aliphatic hydroxyl groups is 1. The van der Waals surface area contributed by atoms with Crippen LogP contribution in [-0.2, 0) is 19.8 Å². The van der Waals surface area contributed by atoms with Crippen LogP contribution in [0.4, 0.5) is 5.69 Å². The van der Waals surface area contributed by atoms with E-state index in [-0.39, 0.29) is 23.6 Å². The maximum Gasteiger partial charge on any atom is 0.252 e. The number of amides is 3. The van der Waals surface area contributed by atoms with Gasteiger partial charge in [0.2, 0.25) is 11.8 Å². The largest absolute Gasteiger partial charge is 0.483 e. The van der Waals surface area contributed by atoms with Crippen LogP contribution in [0, 0.1) is 11.3 Å². The molecule has 0 aromatic heterocycles. The van der Waals surface area contributed by atoms with Gasteiger partial charge >= 0.3 is 0 Å². The van der Waals surface area contributed by atoms with Crippen LogP contribution in [0.5, 0.6) is 5.75 Å². The number of ether oxygens (including phenoxy) is 1. The fourth-order valence-corrected chi connectivity index (χ4v) is 8.37. The first-order valence-corrected chi connectivity index (χ1v) is 12.1. The number of rotatable bonds is 0. The van der Waals surface area contributed by atoms with E-state index in [0.717, 1.165) is 12.0 Å². The van der Waals surface area contributed by atoms with Crippen LogP contribution in [0.2, 0.25) is 0 Å². The topological polar surface area (TPSA) is 108 Å². The van der Waals surface area contributed by atoms with Crippen molar-refractivity contribution in [2.24, 2.45) is 11.3 Å². The fraction of sp³-hybridized carbons (Fsp3) is 0.577. The quantitative estimate of drug-likeness (QED) is 0.507. The molecule has 8 nitrogen and oxygen atoms in total. The van der Waals surface area contributed by atoms with E-state index in [1.54, 1.807) is 4.90 Å². The summed E-state index contributed by atoms with van der Waals surface area (Å²) >= 11 is 0. The van der Waals surface area contributed by atoms with Gasteiger partial charge in [-0.15, -0.1) is 0 Å². The predicted octanol–water partition coefficient (Wildman–Crippen LogP) is 1.71. The number of nitrogens with one attached hydrogen (secondary N) is 2. The lowest BCUT2D eigenvalue weighted by atomic mass is 9.58. The van der Waals surface area contributed by atoms with Gasteiger partial charge in [0.15, 0.2) is 0 Å². The normalized spacial score (nSPS) is 41.6. The van der Waals surface area contributed by atoms with Gasteiger partial charge in [-0.2, -0.15) is 0 Å². The van der Waals surface area contributed by atoms with Crippen molar-refractivity contribution in [1.29, 1.82) is 0 Å². The molecule has 1 aromatic rings. The molecule has 3 N–H and O–H groups in total. The summed E-state index contributed by atoms with van der Waals surface area (Å²) in [6, 6.07) is 3.69. The minimum atomic E-state index is -1.52. The monoisotopic (exact) mass is 464 g/mol. The molecule has 8 heteroatoms. The first-order valence-electron chi connectivity index (χ1n) is 12.1. The van der Waals surface area contributed by atoms with Crippen LogP contribution >= 0.6 is 0 Å². The zero-order valence-electron chi connectivity index (χ0n) is 19.8. The average Bonchev–Trinajstić information content (AvgIpc) is 3.37. The minimum absolute atomic E-state index is 0.199. The Labute approximate surface area is 197 Å². The third kappa shape index (κ3) is 1.80. The maximum absolute atomic E-state index is 14.0. The summed E-state index contributed by atoms with van der Waals surface area (Å²) in [6.45, 7) is 8.37. The molecule has 34 heavy (non-hydrogen) atoms. The van der Waals surface area contributed by atoms with E-state index in [1.165, 1.54) is 0 Å². The Hall–Kier alpha value is -2.87. The highest BCUT2D eigenvalue weighted by Gasteiger charge is 2.85. The van der Waals surface area contributed by atoms with E-state index in [2.05, 4.69) is 10.6 Å². The summed E-state index contributed by atoms with van der Waals surface area (Å²) in [5.41, 5.74) is -3.02. The number of aliphatic hydroxyl groups excluding tert-OH is 1. The van der Waals surface area contributed by atoms with Crippen LogP contribution in [0.3, 0.4) is 0 Å². The van der Waals surface area contributed by atoms with E-state index in [0.29, 0.717) is 36.4 Å². The number of hydrogen-bond acceptors (Lipinski definition) is 5. The van der Waals surface area contributed by atoms with Gasteiger partial charge in [0.1, 0.15) is 33.9 Å². The Kier molecular flexibility index (Phi) is 3.32. The Morgan fingerprint density at radius 2 is 1.88 bits per heavy atom. The second-order valence-corrected chi connectivity index (χ2v) is 12.0. The summed E-state index contributed by atoms with van der Waals surface area (Å²) in [6.07, 6.45) is 4.33. The average molecular weight is 465 g/mol. The molecule has 1 saturated carbocycles. The summed E-state index contributed by atoms with van der Waals surface area (Å²) < 4.78 is 6.11. The summed E-state index contributed by atoms with van der Waals surface area (Å²) in [5, 5.41) is 18.2. The van der Waals surface area contributed by atoms with E-state index >= 15 is 0 Å². The highest BCUT2D eigenvalue weighted by Crippen LogP contribution is 2.70. The van der Waals surface area contributed by atoms with Crippen molar-refractivity contribution >= 4 is 29.5 Å². The molecule has 0 radical (unpaired) electrons. The van der Waals surface area contributed by atoms with Crippen LogP contribution in [-0.4, -0.2) is 57.1 Å².